The number of ether oxygens (including phenoxy) is 2. The molecule has 0 amide bonds. The Bertz CT molecular complexity index is 761. The van der Waals surface area contributed by atoms with E-state index in [4.69, 9.17) is 9.47 Å². The molecule has 53 heavy (non-hydrogen) atoms. The number of aliphatic hydroxyl groups excluding tert-OH is 1. The molecule has 0 aliphatic carbocycles. The summed E-state index contributed by atoms with van der Waals surface area (Å²) in [7, 11) is 0. The number of aliphatic hydroxyl groups is 1. The molecule has 0 aliphatic rings. The lowest BCUT2D eigenvalue weighted by molar-refractivity contribution is -0.150. The van der Waals surface area contributed by atoms with E-state index in [9.17, 15) is 14.7 Å². The van der Waals surface area contributed by atoms with Gasteiger partial charge in [0.2, 0.25) is 0 Å². The van der Waals surface area contributed by atoms with Crippen LogP contribution >= 0.6 is 0 Å². The van der Waals surface area contributed by atoms with Crippen LogP contribution in [0.25, 0.3) is 0 Å². The molecule has 1 N–H and O–H groups in total. The molecule has 316 valence electrons. The third kappa shape index (κ3) is 35.0. The van der Waals surface area contributed by atoms with Crippen LogP contribution in [0, 0.1) is 11.8 Å². The molecule has 0 aromatic carbocycles. The van der Waals surface area contributed by atoms with Crippen LogP contribution in [-0.2, 0) is 19.1 Å². The maximum Gasteiger partial charge on any atom is 0.308 e. The average molecular weight is 752 g/mol. The standard InChI is InChI=1S/C47H93NO5/c1-5-9-13-27-36-44(34-11-7-3)46(50)52-42-31-25-21-17-15-16-19-23-29-38-48(40-33-41-49)39-30-24-20-18-22-26-32-43-53-47(51)45(35-12-8-4)37-28-14-10-6-2/h44-45,49H,5-43H2,1-4H3. The number of carbonyl (C=O) groups excluding carboxylic acids is 2. The molecule has 2 unspecified atom stereocenters. The summed E-state index contributed by atoms with van der Waals surface area (Å²) in [6.07, 6.45) is 38.9. The molecular formula is C47H93NO5. The number of hydrogen-bond acceptors (Lipinski definition) is 6. The van der Waals surface area contributed by atoms with Crippen molar-refractivity contribution in [1.82, 2.24) is 4.90 Å². The van der Waals surface area contributed by atoms with Gasteiger partial charge in [-0.3, -0.25) is 9.59 Å². The third-order valence-electron chi connectivity index (χ3n) is 11.1. The summed E-state index contributed by atoms with van der Waals surface area (Å²) in [5, 5.41) is 9.39. The minimum absolute atomic E-state index is 0.0544. The molecule has 0 heterocycles. The monoisotopic (exact) mass is 752 g/mol. The Balaban J connectivity index is 3.86. The molecule has 0 bridgehead atoms. The molecule has 2 atom stereocenters. The van der Waals surface area contributed by atoms with E-state index in [-0.39, 0.29) is 30.4 Å². The summed E-state index contributed by atoms with van der Waals surface area (Å²) in [6.45, 7) is 13.7. The molecule has 0 aromatic heterocycles. The van der Waals surface area contributed by atoms with Crippen LogP contribution in [0.5, 0.6) is 0 Å². The van der Waals surface area contributed by atoms with Crippen molar-refractivity contribution in [3.05, 3.63) is 0 Å². The van der Waals surface area contributed by atoms with Crippen LogP contribution in [0.15, 0.2) is 0 Å². The van der Waals surface area contributed by atoms with Gasteiger partial charge < -0.3 is 19.5 Å². The topological polar surface area (TPSA) is 76.1 Å². The maximum atomic E-state index is 12.6. The molecule has 0 spiro atoms. The van der Waals surface area contributed by atoms with Gasteiger partial charge in [-0.2, -0.15) is 0 Å². The summed E-state index contributed by atoms with van der Waals surface area (Å²) < 4.78 is 11.4. The van der Waals surface area contributed by atoms with E-state index in [1.54, 1.807) is 0 Å². The molecule has 0 radical (unpaired) electrons. The van der Waals surface area contributed by atoms with Crippen molar-refractivity contribution < 1.29 is 24.2 Å². The number of rotatable bonds is 43. The minimum atomic E-state index is 0.0544. The minimum Gasteiger partial charge on any atom is -0.465 e. The normalized spacial score (nSPS) is 12.7. The molecule has 6 heteroatoms. The lowest BCUT2D eigenvalue weighted by Crippen LogP contribution is -2.27. The van der Waals surface area contributed by atoms with Gasteiger partial charge in [0.1, 0.15) is 0 Å². The second-order valence-corrected chi connectivity index (χ2v) is 16.3. The van der Waals surface area contributed by atoms with Crippen molar-refractivity contribution in [1.29, 1.82) is 0 Å². The smallest absolute Gasteiger partial charge is 0.308 e. The number of nitrogens with zero attached hydrogens (tertiary/aromatic N) is 1. The van der Waals surface area contributed by atoms with Crippen LogP contribution in [0.3, 0.4) is 0 Å². The Hall–Kier alpha value is -1.14. The quantitative estimate of drug-likeness (QED) is 0.0494. The number of carbonyl (C=O) groups is 2. The van der Waals surface area contributed by atoms with E-state index in [1.807, 2.05) is 0 Å². The van der Waals surface area contributed by atoms with Crippen molar-refractivity contribution in [2.75, 3.05) is 39.5 Å². The number of unbranched alkanes of at least 4 members (excludes halogenated alkanes) is 22. The van der Waals surface area contributed by atoms with Gasteiger partial charge in [0.15, 0.2) is 0 Å². The van der Waals surface area contributed by atoms with Gasteiger partial charge in [-0.1, -0.05) is 182 Å². The first-order valence-electron chi connectivity index (χ1n) is 23.7. The van der Waals surface area contributed by atoms with E-state index in [0.29, 0.717) is 13.2 Å². The van der Waals surface area contributed by atoms with E-state index < -0.39 is 0 Å². The summed E-state index contributed by atoms with van der Waals surface area (Å²) in [5.41, 5.74) is 0. The largest absolute Gasteiger partial charge is 0.465 e. The number of hydrogen-bond donors (Lipinski definition) is 1. The fourth-order valence-corrected chi connectivity index (χ4v) is 7.50. The first kappa shape index (κ1) is 51.9. The number of esters is 2. The molecule has 0 saturated carbocycles. The lowest BCUT2D eigenvalue weighted by atomic mass is 9.95. The molecule has 0 aromatic rings. The molecule has 0 saturated heterocycles. The van der Waals surface area contributed by atoms with Crippen LogP contribution < -0.4 is 0 Å². The molecule has 0 rings (SSSR count). The molecule has 6 nitrogen and oxygen atoms in total. The Morgan fingerprint density at radius 1 is 0.396 bits per heavy atom. The summed E-state index contributed by atoms with van der Waals surface area (Å²) in [5.74, 6) is 0.338. The van der Waals surface area contributed by atoms with Crippen molar-refractivity contribution in [3.63, 3.8) is 0 Å². The van der Waals surface area contributed by atoms with Gasteiger partial charge in [-0.25, -0.2) is 0 Å². The Kier molecular flexibility index (Phi) is 41.1. The van der Waals surface area contributed by atoms with Crippen LogP contribution in [0.1, 0.15) is 240 Å². The summed E-state index contributed by atoms with van der Waals surface area (Å²) in [6, 6.07) is 0. The second kappa shape index (κ2) is 42.0. The van der Waals surface area contributed by atoms with Crippen molar-refractivity contribution in [2.24, 2.45) is 11.8 Å². The highest BCUT2D eigenvalue weighted by atomic mass is 16.5. The Morgan fingerprint density at radius 2 is 0.698 bits per heavy atom. The zero-order valence-corrected chi connectivity index (χ0v) is 36.3. The highest BCUT2D eigenvalue weighted by molar-refractivity contribution is 5.72. The fraction of sp³-hybridized carbons (Fsp3) is 0.957. The van der Waals surface area contributed by atoms with E-state index in [1.165, 1.54) is 122 Å². The van der Waals surface area contributed by atoms with Gasteiger partial charge in [-0.05, 0) is 70.9 Å². The van der Waals surface area contributed by atoms with Gasteiger partial charge in [0.05, 0.1) is 25.0 Å². The Morgan fingerprint density at radius 3 is 1.06 bits per heavy atom. The highest BCUT2D eigenvalue weighted by Gasteiger charge is 2.20. The third-order valence-corrected chi connectivity index (χ3v) is 11.1. The predicted octanol–water partition coefficient (Wildman–Crippen LogP) is 13.6. The van der Waals surface area contributed by atoms with E-state index in [0.717, 1.165) is 110 Å². The molecule has 0 fully saturated rings. The van der Waals surface area contributed by atoms with Crippen LogP contribution in [0.4, 0.5) is 0 Å². The van der Waals surface area contributed by atoms with Gasteiger partial charge >= 0.3 is 11.9 Å². The molecule has 0 aliphatic heterocycles. The lowest BCUT2D eigenvalue weighted by Gasteiger charge is -2.22. The van der Waals surface area contributed by atoms with Gasteiger partial charge in [0, 0.05) is 13.2 Å². The van der Waals surface area contributed by atoms with Crippen LogP contribution in [-0.4, -0.2) is 61.4 Å². The first-order chi connectivity index (χ1) is 26.0. The van der Waals surface area contributed by atoms with Crippen LogP contribution in [0.2, 0.25) is 0 Å². The molecular weight excluding hydrogens is 659 g/mol. The fourth-order valence-electron chi connectivity index (χ4n) is 7.50. The summed E-state index contributed by atoms with van der Waals surface area (Å²) in [4.78, 5) is 27.8. The zero-order valence-electron chi connectivity index (χ0n) is 36.3. The van der Waals surface area contributed by atoms with Crippen molar-refractivity contribution >= 4 is 11.9 Å². The maximum absolute atomic E-state index is 12.6. The van der Waals surface area contributed by atoms with Crippen molar-refractivity contribution in [2.45, 2.75) is 240 Å². The SMILES string of the molecule is CCCCCCC(CCCC)C(=O)OCCCCCCCCCCCN(CCCO)CCCCCCCCCOC(=O)C(CCCC)CCCCCC. The van der Waals surface area contributed by atoms with Gasteiger partial charge in [-0.15, -0.1) is 0 Å². The summed E-state index contributed by atoms with van der Waals surface area (Å²) >= 11 is 0. The van der Waals surface area contributed by atoms with Gasteiger partial charge in [0.25, 0.3) is 0 Å². The second-order valence-electron chi connectivity index (χ2n) is 16.3. The van der Waals surface area contributed by atoms with Crippen molar-refractivity contribution in [3.8, 4) is 0 Å². The first-order valence-corrected chi connectivity index (χ1v) is 23.7. The zero-order chi connectivity index (χ0) is 38.9. The Labute approximate surface area is 331 Å². The predicted molar refractivity (Wildman–Crippen MR) is 227 cm³/mol. The van der Waals surface area contributed by atoms with E-state index in [2.05, 4.69) is 32.6 Å². The highest BCUT2D eigenvalue weighted by Crippen LogP contribution is 2.21. The average Bonchev–Trinajstić information content (AvgIpc) is 3.16. The van der Waals surface area contributed by atoms with E-state index >= 15 is 0 Å².